The molecular formula is C9H14N2S. The molecule has 2 nitrogen and oxygen atoms in total. The summed E-state index contributed by atoms with van der Waals surface area (Å²) in [6.07, 6.45) is 5.36. The summed E-state index contributed by atoms with van der Waals surface area (Å²) in [7, 11) is 0. The van der Waals surface area contributed by atoms with Crippen LogP contribution in [-0.4, -0.2) is 10.2 Å². The van der Waals surface area contributed by atoms with Crippen molar-refractivity contribution in [2.45, 2.75) is 38.5 Å². The van der Waals surface area contributed by atoms with E-state index < -0.39 is 0 Å². The molecule has 1 aromatic rings. The van der Waals surface area contributed by atoms with E-state index >= 15 is 0 Å². The van der Waals surface area contributed by atoms with Crippen molar-refractivity contribution in [2.75, 3.05) is 0 Å². The van der Waals surface area contributed by atoms with Gasteiger partial charge in [-0.05, 0) is 18.8 Å². The third-order valence-corrected chi connectivity index (χ3v) is 3.60. The maximum absolute atomic E-state index is 4.13. The summed E-state index contributed by atoms with van der Waals surface area (Å²) < 4.78 is 0. The van der Waals surface area contributed by atoms with Crippen LogP contribution in [0.5, 0.6) is 0 Å². The summed E-state index contributed by atoms with van der Waals surface area (Å²) in [5.41, 5.74) is 1.84. The highest BCUT2D eigenvalue weighted by atomic mass is 32.1. The van der Waals surface area contributed by atoms with Gasteiger partial charge in [-0.15, -0.1) is 21.5 Å². The molecule has 1 aromatic heterocycles. The monoisotopic (exact) mass is 182 g/mol. The zero-order chi connectivity index (χ0) is 8.39. The van der Waals surface area contributed by atoms with Crippen molar-refractivity contribution >= 4 is 11.3 Å². The van der Waals surface area contributed by atoms with Gasteiger partial charge in [-0.3, -0.25) is 0 Å². The van der Waals surface area contributed by atoms with Gasteiger partial charge < -0.3 is 0 Å². The van der Waals surface area contributed by atoms with E-state index in [1.807, 2.05) is 5.51 Å². The normalized spacial score (nSPS) is 30.4. The van der Waals surface area contributed by atoms with Crippen LogP contribution in [0.2, 0.25) is 0 Å². The Kier molecular flexibility index (Phi) is 2.40. The molecule has 0 saturated heterocycles. The third kappa shape index (κ3) is 1.66. The Morgan fingerprint density at radius 2 is 2.08 bits per heavy atom. The van der Waals surface area contributed by atoms with E-state index in [2.05, 4.69) is 17.1 Å². The average molecular weight is 182 g/mol. The second kappa shape index (κ2) is 3.52. The minimum atomic E-state index is 0.716. The average Bonchev–Trinajstić information content (AvgIpc) is 2.58. The van der Waals surface area contributed by atoms with Crippen LogP contribution in [0.4, 0.5) is 0 Å². The molecule has 1 aliphatic rings. The molecule has 1 saturated carbocycles. The fourth-order valence-electron chi connectivity index (χ4n) is 1.87. The van der Waals surface area contributed by atoms with Crippen molar-refractivity contribution in [3.05, 3.63) is 10.5 Å². The Balaban J connectivity index is 1.99. The van der Waals surface area contributed by atoms with Crippen LogP contribution in [0.25, 0.3) is 0 Å². The van der Waals surface area contributed by atoms with Crippen LogP contribution in [0.1, 0.15) is 43.5 Å². The maximum atomic E-state index is 4.13. The lowest BCUT2D eigenvalue weighted by atomic mass is 9.83. The largest absolute Gasteiger partial charge is 0.147 e. The van der Waals surface area contributed by atoms with E-state index in [0.717, 1.165) is 5.92 Å². The second-order valence-corrected chi connectivity index (χ2v) is 4.60. The molecule has 12 heavy (non-hydrogen) atoms. The van der Waals surface area contributed by atoms with E-state index in [9.17, 15) is 0 Å². The fraction of sp³-hybridized carbons (Fsp3) is 0.778. The number of rotatable bonds is 1. The predicted molar refractivity (Wildman–Crippen MR) is 50.3 cm³/mol. The topological polar surface area (TPSA) is 25.8 Å². The van der Waals surface area contributed by atoms with E-state index in [1.54, 1.807) is 11.3 Å². The Labute approximate surface area is 77.0 Å². The lowest BCUT2D eigenvalue weighted by Crippen LogP contribution is -2.10. The molecule has 0 atom stereocenters. The molecule has 0 N–H and O–H groups in total. The molecule has 0 unspecified atom stereocenters. The van der Waals surface area contributed by atoms with Gasteiger partial charge in [-0.25, -0.2) is 0 Å². The van der Waals surface area contributed by atoms with Crippen LogP contribution in [0, 0.1) is 5.92 Å². The molecule has 1 aliphatic carbocycles. The lowest BCUT2D eigenvalue weighted by Gasteiger charge is -2.23. The minimum absolute atomic E-state index is 0.716. The Morgan fingerprint density at radius 1 is 1.33 bits per heavy atom. The molecule has 0 aliphatic heterocycles. The van der Waals surface area contributed by atoms with Gasteiger partial charge in [-0.1, -0.05) is 19.8 Å². The van der Waals surface area contributed by atoms with Crippen LogP contribution in [0.15, 0.2) is 5.51 Å². The molecule has 3 heteroatoms. The van der Waals surface area contributed by atoms with Gasteiger partial charge in [0, 0.05) is 5.92 Å². The van der Waals surface area contributed by atoms with Crippen LogP contribution >= 0.6 is 11.3 Å². The maximum Gasteiger partial charge on any atom is 0.120 e. The molecule has 0 spiro atoms. The van der Waals surface area contributed by atoms with Crippen molar-refractivity contribution in [1.82, 2.24) is 10.2 Å². The van der Waals surface area contributed by atoms with E-state index in [1.165, 1.54) is 30.7 Å². The molecule has 0 radical (unpaired) electrons. The molecule has 66 valence electrons. The molecule has 0 bridgehead atoms. The number of hydrogen-bond acceptors (Lipinski definition) is 3. The molecule has 2 rings (SSSR count). The van der Waals surface area contributed by atoms with Crippen molar-refractivity contribution < 1.29 is 0 Å². The molecule has 0 aromatic carbocycles. The smallest absolute Gasteiger partial charge is 0.120 e. The highest BCUT2D eigenvalue weighted by Crippen LogP contribution is 2.35. The quantitative estimate of drug-likeness (QED) is 0.667. The lowest BCUT2D eigenvalue weighted by molar-refractivity contribution is 0.346. The zero-order valence-corrected chi connectivity index (χ0v) is 8.18. The molecule has 0 amide bonds. The summed E-state index contributed by atoms with van der Waals surface area (Å²) in [5, 5.41) is 9.27. The number of aromatic nitrogens is 2. The molecular weight excluding hydrogens is 168 g/mol. The summed E-state index contributed by atoms with van der Waals surface area (Å²) >= 11 is 1.71. The number of nitrogens with zero attached hydrogens (tertiary/aromatic N) is 2. The fourth-order valence-corrected chi connectivity index (χ4v) is 2.59. The first-order valence-electron chi connectivity index (χ1n) is 4.62. The Hall–Kier alpha value is -0.440. The molecule has 1 heterocycles. The van der Waals surface area contributed by atoms with Crippen molar-refractivity contribution in [2.24, 2.45) is 5.92 Å². The van der Waals surface area contributed by atoms with E-state index in [4.69, 9.17) is 0 Å². The highest BCUT2D eigenvalue weighted by Gasteiger charge is 2.21. The summed E-state index contributed by atoms with van der Waals surface area (Å²) in [5.74, 6) is 1.64. The van der Waals surface area contributed by atoms with E-state index in [-0.39, 0.29) is 0 Å². The van der Waals surface area contributed by atoms with Crippen molar-refractivity contribution in [1.29, 1.82) is 0 Å². The first kappa shape index (κ1) is 8.17. The van der Waals surface area contributed by atoms with Gasteiger partial charge in [0.2, 0.25) is 0 Å². The van der Waals surface area contributed by atoms with Crippen LogP contribution in [-0.2, 0) is 0 Å². The minimum Gasteiger partial charge on any atom is -0.147 e. The summed E-state index contributed by atoms with van der Waals surface area (Å²) in [6.45, 7) is 2.34. The Bertz CT molecular complexity index is 225. The van der Waals surface area contributed by atoms with Gasteiger partial charge in [0.05, 0.1) is 0 Å². The van der Waals surface area contributed by atoms with Gasteiger partial charge >= 0.3 is 0 Å². The van der Waals surface area contributed by atoms with Crippen molar-refractivity contribution in [3.8, 4) is 0 Å². The zero-order valence-electron chi connectivity index (χ0n) is 7.36. The first-order valence-corrected chi connectivity index (χ1v) is 5.50. The van der Waals surface area contributed by atoms with Gasteiger partial charge in [-0.2, -0.15) is 0 Å². The standard InChI is InChI=1S/C9H14N2S/c1-7-2-4-8(5-3-7)9-11-10-6-12-9/h6-8H,2-5H2,1H3. The highest BCUT2D eigenvalue weighted by molar-refractivity contribution is 7.09. The number of hydrogen-bond donors (Lipinski definition) is 0. The van der Waals surface area contributed by atoms with E-state index in [0.29, 0.717) is 5.92 Å². The van der Waals surface area contributed by atoms with Gasteiger partial charge in [0.25, 0.3) is 0 Å². The first-order chi connectivity index (χ1) is 5.86. The SMILES string of the molecule is CC1CCC(c2nncs2)CC1. The third-order valence-electron chi connectivity index (χ3n) is 2.74. The Morgan fingerprint density at radius 3 is 2.67 bits per heavy atom. The second-order valence-electron chi connectivity index (χ2n) is 3.73. The van der Waals surface area contributed by atoms with Gasteiger partial charge in [0.15, 0.2) is 0 Å². The summed E-state index contributed by atoms with van der Waals surface area (Å²) in [4.78, 5) is 0. The molecule has 1 fully saturated rings. The van der Waals surface area contributed by atoms with Crippen molar-refractivity contribution in [3.63, 3.8) is 0 Å². The predicted octanol–water partition coefficient (Wildman–Crippen LogP) is 2.83. The van der Waals surface area contributed by atoms with Crippen LogP contribution in [0.3, 0.4) is 0 Å². The summed E-state index contributed by atoms with van der Waals surface area (Å²) in [6, 6.07) is 0. The van der Waals surface area contributed by atoms with Gasteiger partial charge in [0.1, 0.15) is 10.5 Å². The van der Waals surface area contributed by atoms with Crippen LogP contribution < -0.4 is 0 Å².